The Labute approximate surface area is 175 Å². The van der Waals surface area contributed by atoms with Gasteiger partial charge in [-0.25, -0.2) is 4.98 Å². The molecule has 0 saturated heterocycles. The Morgan fingerprint density at radius 3 is 2.21 bits per heavy atom. The Morgan fingerprint density at radius 2 is 1.69 bits per heavy atom. The Hall–Kier alpha value is -2.27. The Balaban J connectivity index is 2.59. The summed E-state index contributed by atoms with van der Waals surface area (Å²) in [5.41, 5.74) is 3.47. The lowest BCUT2D eigenvalue weighted by Gasteiger charge is -2.23. The normalized spacial score (nSPS) is 12.3. The first-order chi connectivity index (χ1) is 13.9. The number of rotatable bonds is 10. The van der Waals surface area contributed by atoms with Crippen LogP contribution >= 0.6 is 0 Å². The molecule has 0 radical (unpaired) electrons. The summed E-state index contributed by atoms with van der Waals surface area (Å²) in [6, 6.07) is 7.81. The van der Waals surface area contributed by atoms with Crippen LogP contribution in [0.3, 0.4) is 0 Å². The zero-order chi connectivity index (χ0) is 21.6. The molecule has 5 nitrogen and oxygen atoms in total. The second-order valence-electron chi connectivity index (χ2n) is 7.50. The molecule has 5 heteroatoms. The highest BCUT2D eigenvalue weighted by Crippen LogP contribution is 2.39. The fourth-order valence-corrected chi connectivity index (χ4v) is 3.64. The lowest BCUT2D eigenvalue weighted by atomic mass is 9.90. The van der Waals surface area contributed by atoms with Gasteiger partial charge in [0.15, 0.2) is 0 Å². The van der Waals surface area contributed by atoms with Gasteiger partial charge in [0.25, 0.3) is 0 Å². The molecule has 0 amide bonds. The van der Waals surface area contributed by atoms with E-state index in [1.165, 1.54) is 0 Å². The first kappa shape index (κ1) is 23.0. The summed E-state index contributed by atoms with van der Waals surface area (Å²) in [6.07, 6.45) is 2.06. The molecule has 0 aliphatic heterocycles. The topological polar surface area (TPSA) is 60.8 Å². The second-order valence-corrected chi connectivity index (χ2v) is 7.50. The predicted octanol–water partition coefficient (Wildman–Crippen LogP) is 5.59. The first-order valence-electron chi connectivity index (χ1n) is 10.5. The smallest absolute Gasteiger partial charge is 0.219 e. The van der Waals surface area contributed by atoms with Gasteiger partial charge in [-0.15, -0.1) is 0 Å². The van der Waals surface area contributed by atoms with E-state index < -0.39 is 6.10 Å². The van der Waals surface area contributed by atoms with Crippen LogP contribution in [0.4, 0.5) is 0 Å². The number of pyridine rings is 1. The summed E-state index contributed by atoms with van der Waals surface area (Å²) in [6.45, 7) is 10.3. The van der Waals surface area contributed by atoms with Crippen molar-refractivity contribution in [2.24, 2.45) is 5.92 Å². The van der Waals surface area contributed by atoms with E-state index >= 15 is 0 Å². The number of aryl methyl sites for hydroxylation is 1. The SMILES string of the molecule is CCc1cc(C(O)C(CC)CC)c(OC)nc1-c1ccc(OC(C)C)cc1OC. The van der Waals surface area contributed by atoms with Crippen molar-refractivity contribution in [3.8, 4) is 28.6 Å². The summed E-state index contributed by atoms with van der Waals surface area (Å²) in [4.78, 5) is 4.80. The van der Waals surface area contributed by atoms with Crippen LogP contribution < -0.4 is 14.2 Å². The van der Waals surface area contributed by atoms with Gasteiger partial charge in [0.1, 0.15) is 11.5 Å². The number of benzene rings is 1. The van der Waals surface area contributed by atoms with Crippen molar-refractivity contribution < 1.29 is 19.3 Å². The quantitative estimate of drug-likeness (QED) is 0.563. The molecule has 1 heterocycles. The Bertz CT molecular complexity index is 800. The van der Waals surface area contributed by atoms with E-state index in [9.17, 15) is 5.11 Å². The van der Waals surface area contributed by atoms with Crippen molar-refractivity contribution >= 4 is 0 Å². The van der Waals surface area contributed by atoms with Gasteiger partial charge in [-0.3, -0.25) is 0 Å². The molecule has 0 aliphatic rings. The molecule has 0 saturated carbocycles. The molecular weight excluding hydrogens is 366 g/mol. The minimum atomic E-state index is -0.601. The largest absolute Gasteiger partial charge is 0.496 e. The number of hydrogen-bond acceptors (Lipinski definition) is 5. The highest BCUT2D eigenvalue weighted by molar-refractivity contribution is 5.72. The summed E-state index contributed by atoms with van der Waals surface area (Å²) in [7, 11) is 3.24. The van der Waals surface area contributed by atoms with Gasteiger partial charge >= 0.3 is 0 Å². The van der Waals surface area contributed by atoms with E-state index in [0.29, 0.717) is 11.6 Å². The minimum Gasteiger partial charge on any atom is -0.496 e. The van der Waals surface area contributed by atoms with Crippen molar-refractivity contribution in [2.75, 3.05) is 14.2 Å². The molecule has 1 aromatic heterocycles. The van der Waals surface area contributed by atoms with Crippen LogP contribution in [0.5, 0.6) is 17.4 Å². The van der Waals surface area contributed by atoms with Crippen LogP contribution in [-0.2, 0) is 6.42 Å². The van der Waals surface area contributed by atoms with Crippen LogP contribution in [0.25, 0.3) is 11.3 Å². The zero-order valence-electron chi connectivity index (χ0n) is 18.8. The summed E-state index contributed by atoms with van der Waals surface area (Å²) < 4.78 is 17.0. The van der Waals surface area contributed by atoms with Crippen LogP contribution in [0, 0.1) is 5.92 Å². The third kappa shape index (κ3) is 5.21. The van der Waals surface area contributed by atoms with Crippen molar-refractivity contribution in [1.29, 1.82) is 0 Å². The van der Waals surface area contributed by atoms with Crippen molar-refractivity contribution in [2.45, 2.75) is 66.1 Å². The average molecular weight is 402 g/mol. The maximum absolute atomic E-state index is 10.9. The highest BCUT2D eigenvalue weighted by atomic mass is 16.5. The average Bonchev–Trinajstić information content (AvgIpc) is 2.72. The van der Waals surface area contributed by atoms with E-state index in [1.807, 2.05) is 38.1 Å². The number of aliphatic hydroxyl groups is 1. The fourth-order valence-electron chi connectivity index (χ4n) is 3.64. The minimum absolute atomic E-state index is 0.0841. The Morgan fingerprint density at radius 1 is 1.00 bits per heavy atom. The monoisotopic (exact) mass is 401 g/mol. The fraction of sp³-hybridized carbons (Fsp3) is 0.542. The molecule has 160 valence electrons. The lowest BCUT2D eigenvalue weighted by molar-refractivity contribution is 0.0997. The van der Waals surface area contributed by atoms with E-state index in [0.717, 1.165) is 47.4 Å². The Kier molecular flexibility index (Phi) is 8.32. The van der Waals surface area contributed by atoms with E-state index in [4.69, 9.17) is 19.2 Å². The van der Waals surface area contributed by atoms with Crippen LogP contribution in [-0.4, -0.2) is 30.4 Å². The maximum atomic E-state index is 10.9. The summed E-state index contributed by atoms with van der Waals surface area (Å²) in [5, 5.41) is 10.9. The van der Waals surface area contributed by atoms with Crippen LogP contribution in [0.1, 0.15) is 64.7 Å². The predicted molar refractivity (Wildman–Crippen MR) is 117 cm³/mol. The molecule has 0 spiro atoms. The van der Waals surface area contributed by atoms with Gasteiger partial charge in [0.2, 0.25) is 5.88 Å². The molecule has 0 aliphatic carbocycles. The highest BCUT2D eigenvalue weighted by Gasteiger charge is 2.25. The lowest BCUT2D eigenvalue weighted by Crippen LogP contribution is -2.14. The van der Waals surface area contributed by atoms with Gasteiger partial charge in [-0.1, -0.05) is 33.6 Å². The van der Waals surface area contributed by atoms with Crippen molar-refractivity contribution in [1.82, 2.24) is 4.98 Å². The number of nitrogens with zero attached hydrogens (tertiary/aromatic N) is 1. The molecule has 29 heavy (non-hydrogen) atoms. The number of aliphatic hydroxyl groups excluding tert-OH is 1. The van der Waals surface area contributed by atoms with E-state index in [1.54, 1.807) is 14.2 Å². The second kappa shape index (κ2) is 10.5. The summed E-state index contributed by atoms with van der Waals surface area (Å²) >= 11 is 0. The van der Waals surface area contributed by atoms with Crippen LogP contribution in [0.2, 0.25) is 0 Å². The van der Waals surface area contributed by atoms with Gasteiger partial charge in [0, 0.05) is 17.2 Å². The summed E-state index contributed by atoms with van der Waals surface area (Å²) in [5.74, 6) is 2.08. The third-order valence-corrected chi connectivity index (χ3v) is 5.28. The number of aromatic nitrogens is 1. The molecule has 0 bridgehead atoms. The van der Waals surface area contributed by atoms with Gasteiger partial charge in [0.05, 0.1) is 32.1 Å². The van der Waals surface area contributed by atoms with E-state index in [-0.39, 0.29) is 12.0 Å². The molecule has 1 atom stereocenters. The maximum Gasteiger partial charge on any atom is 0.219 e. The number of ether oxygens (including phenoxy) is 3. The molecule has 2 rings (SSSR count). The van der Waals surface area contributed by atoms with E-state index in [2.05, 4.69) is 20.8 Å². The molecule has 1 aromatic carbocycles. The number of hydrogen-bond donors (Lipinski definition) is 1. The van der Waals surface area contributed by atoms with Crippen molar-refractivity contribution in [3.63, 3.8) is 0 Å². The standard InChI is InChI=1S/C24H35NO4/c1-8-16(9-2)23(26)20-13-17(10-3)22(25-24(20)28-7)19-12-11-18(29-15(4)5)14-21(19)27-6/h11-16,23,26H,8-10H2,1-7H3. The van der Waals surface area contributed by atoms with Crippen molar-refractivity contribution in [3.05, 3.63) is 35.4 Å². The molecule has 1 N–H and O–H groups in total. The number of methoxy groups -OCH3 is 2. The third-order valence-electron chi connectivity index (χ3n) is 5.28. The van der Waals surface area contributed by atoms with Gasteiger partial charge in [-0.2, -0.15) is 0 Å². The zero-order valence-corrected chi connectivity index (χ0v) is 18.8. The molecule has 1 unspecified atom stereocenters. The molecular formula is C24H35NO4. The molecule has 0 fully saturated rings. The van der Waals surface area contributed by atoms with Gasteiger partial charge in [-0.05, 0) is 49.9 Å². The van der Waals surface area contributed by atoms with Gasteiger partial charge < -0.3 is 19.3 Å². The van der Waals surface area contributed by atoms with Crippen LogP contribution in [0.15, 0.2) is 24.3 Å². The first-order valence-corrected chi connectivity index (χ1v) is 10.5. The molecule has 2 aromatic rings.